The van der Waals surface area contributed by atoms with Gasteiger partial charge in [0.2, 0.25) is 5.16 Å². The van der Waals surface area contributed by atoms with E-state index in [2.05, 4.69) is 62.3 Å². The Kier molecular flexibility index (Phi) is 4.24. The molecular formula is C14H20N4S. The summed E-state index contributed by atoms with van der Waals surface area (Å²) in [5, 5.41) is 12.8. The minimum absolute atomic E-state index is 0.290. The average molecular weight is 276 g/mol. The molecule has 4 nitrogen and oxygen atoms in total. The summed E-state index contributed by atoms with van der Waals surface area (Å²) in [5.41, 5.74) is 5.38. The van der Waals surface area contributed by atoms with Crippen LogP contribution in [-0.4, -0.2) is 20.2 Å². The van der Waals surface area contributed by atoms with E-state index < -0.39 is 0 Å². The second-order valence-electron chi connectivity index (χ2n) is 5.17. The van der Waals surface area contributed by atoms with Crippen LogP contribution in [0, 0.1) is 20.8 Å². The van der Waals surface area contributed by atoms with Crippen molar-refractivity contribution in [2.24, 2.45) is 0 Å². The van der Waals surface area contributed by atoms with E-state index in [4.69, 9.17) is 0 Å². The van der Waals surface area contributed by atoms with Crippen molar-refractivity contribution in [1.29, 1.82) is 0 Å². The maximum Gasteiger partial charge on any atom is 0.209 e. The highest BCUT2D eigenvalue weighted by Gasteiger charge is 2.11. The Bertz CT molecular complexity index is 552. The number of benzene rings is 1. The van der Waals surface area contributed by atoms with Crippen LogP contribution in [0.15, 0.2) is 17.3 Å². The number of thioether (sulfide) groups is 1. The highest BCUT2D eigenvalue weighted by atomic mass is 32.2. The van der Waals surface area contributed by atoms with Gasteiger partial charge < -0.3 is 0 Å². The maximum absolute atomic E-state index is 4.09. The molecule has 0 spiro atoms. The van der Waals surface area contributed by atoms with E-state index in [0.29, 0.717) is 0 Å². The Labute approximate surface area is 118 Å². The molecule has 5 heteroatoms. The third-order valence-corrected chi connectivity index (χ3v) is 4.10. The molecule has 0 bridgehead atoms. The number of nitrogens with zero attached hydrogens (tertiary/aromatic N) is 4. The maximum atomic E-state index is 4.09. The van der Waals surface area contributed by atoms with Crippen LogP contribution in [0.5, 0.6) is 0 Å². The quantitative estimate of drug-likeness (QED) is 0.802. The predicted molar refractivity (Wildman–Crippen MR) is 78.4 cm³/mol. The van der Waals surface area contributed by atoms with Crippen molar-refractivity contribution in [3.05, 3.63) is 34.4 Å². The number of aryl methyl sites for hydroxylation is 3. The van der Waals surface area contributed by atoms with Gasteiger partial charge >= 0.3 is 0 Å². The predicted octanol–water partition coefficient (Wildman–Crippen LogP) is 3.47. The summed E-state index contributed by atoms with van der Waals surface area (Å²) in [6.07, 6.45) is 0. The minimum atomic E-state index is 0.290. The van der Waals surface area contributed by atoms with Crippen LogP contribution < -0.4 is 0 Å². The van der Waals surface area contributed by atoms with Crippen molar-refractivity contribution >= 4 is 11.8 Å². The Morgan fingerprint density at radius 1 is 1.16 bits per heavy atom. The molecule has 0 aliphatic carbocycles. The SMILES string of the molecule is Cc1cc(C)c(CSc2nnnn2C(C)C)c(C)c1. The molecule has 19 heavy (non-hydrogen) atoms. The van der Waals surface area contributed by atoms with Crippen LogP contribution >= 0.6 is 11.8 Å². The Morgan fingerprint density at radius 3 is 2.37 bits per heavy atom. The summed E-state index contributed by atoms with van der Waals surface area (Å²) in [5.74, 6) is 0.908. The van der Waals surface area contributed by atoms with Crippen LogP contribution in [0.25, 0.3) is 0 Å². The number of hydrogen-bond donors (Lipinski definition) is 0. The van der Waals surface area contributed by atoms with Gasteiger partial charge in [-0.15, -0.1) is 5.10 Å². The zero-order valence-electron chi connectivity index (χ0n) is 12.1. The first-order valence-electron chi connectivity index (χ1n) is 6.46. The van der Waals surface area contributed by atoms with Gasteiger partial charge in [-0.3, -0.25) is 0 Å². The molecule has 0 amide bonds. The smallest absolute Gasteiger partial charge is 0.209 e. The summed E-state index contributed by atoms with van der Waals surface area (Å²) < 4.78 is 1.86. The Morgan fingerprint density at radius 2 is 1.79 bits per heavy atom. The topological polar surface area (TPSA) is 43.6 Å². The van der Waals surface area contributed by atoms with Crippen LogP contribution in [0.4, 0.5) is 0 Å². The van der Waals surface area contributed by atoms with E-state index in [9.17, 15) is 0 Å². The van der Waals surface area contributed by atoms with Crippen LogP contribution in [-0.2, 0) is 5.75 Å². The molecule has 0 aliphatic rings. The summed E-state index contributed by atoms with van der Waals surface area (Å²) >= 11 is 1.70. The molecule has 0 saturated carbocycles. The van der Waals surface area contributed by atoms with Gasteiger partial charge in [-0.2, -0.15) is 0 Å². The fourth-order valence-electron chi connectivity index (χ4n) is 2.18. The van der Waals surface area contributed by atoms with Crippen molar-refractivity contribution in [1.82, 2.24) is 20.2 Å². The van der Waals surface area contributed by atoms with Crippen LogP contribution in [0.2, 0.25) is 0 Å². The second-order valence-corrected chi connectivity index (χ2v) is 6.11. The van der Waals surface area contributed by atoms with Crippen LogP contribution in [0.1, 0.15) is 42.1 Å². The molecule has 0 N–H and O–H groups in total. The Hall–Kier alpha value is -1.36. The standard InChI is InChI=1S/C14H20N4S/c1-9(2)18-14(15-16-17-18)19-8-13-11(4)6-10(3)7-12(13)5/h6-7,9H,8H2,1-5H3. The van der Waals surface area contributed by atoms with Gasteiger partial charge in [-0.1, -0.05) is 29.5 Å². The summed E-state index contributed by atoms with van der Waals surface area (Å²) in [6.45, 7) is 10.6. The third kappa shape index (κ3) is 3.15. The zero-order valence-corrected chi connectivity index (χ0v) is 13.0. The van der Waals surface area contributed by atoms with Gasteiger partial charge in [0.05, 0.1) is 6.04 Å². The van der Waals surface area contributed by atoms with E-state index in [1.54, 1.807) is 11.8 Å². The fraction of sp³-hybridized carbons (Fsp3) is 0.500. The highest BCUT2D eigenvalue weighted by molar-refractivity contribution is 7.98. The fourth-order valence-corrected chi connectivity index (χ4v) is 3.38. The van der Waals surface area contributed by atoms with E-state index >= 15 is 0 Å². The van der Waals surface area contributed by atoms with Crippen LogP contribution in [0.3, 0.4) is 0 Å². The summed E-state index contributed by atoms with van der Waals surface area (Å²) in [4.78, 5) is 0. The molecule has 0 radical (unpaired) electrons. The lowest BCUT2D eigenvalue weighted by Gasteiger charge is -2.11. The van der Waals surface area contributed by atoms with E-state index in [0.717, 1.165) is 10.9 Å². The van der Waals surface area contributed by atoms with Gasteiger partial charge in [0.1, 0.15) is 0 Å². The molecule has 1 heterocycles. The van der Waals surface area contributed by atoms with E-state index in [1.165, 1.54) is 22.3 Å². The summed E-state index contributed by atoms with van der Waals surface area (Å²) in [6, 6.07) is 4.75. The van der Waals surface area contributed by atoms with E-state index in [-0.39, 0.29) is 6.04 Å². The largest absolute Gasteiger partial charge is 0.218 e. The molecule has 0 aliphatic heterocycles. The molecule has 0 saturated heterocycles. The van der Waals surface area contributed by atoms with Crippen molar-refractivity contribution in [2.45, 2.75) is 51.6 Å². The normalized spacial score (nSPS) is 11.3. The van der Waals surface area contributed by atoms with E-state index in [1.807, 2.05) is 4.68 Å². The molecule has 1 aromatic heterocycles. The molecule has 1 aromatic carbocycles. The summed E-state index contributed by atoms with van der Waals surface area (Å²) in [7, 11) is 0. The van der Waals surface area contributed by atoms with Crippen molar-refractivity contribution in [3.63, 3.8) is 0 Å². The van der Waals surface area contributed by atoms with Gasteiger partial charge in [-0.25, -0.2) is 4.68 Å². The van der Waals surface area contributed by atoms with Crippen molar-refractivity contribution < 1.29 is 0 Å². The van der Waals surface area contributed by atoms with Gasteiger partial charge in [0.15, 0.2) is 0 Å². The number of hydrogen-bond acceptors (Lipinski definition) is 4. The molecule has 102 valence electrons. The molecule has 2 rings (SSSR count). The molecule has 0 atom stereocenters. The van der Waals surface area contributed by atoms with Crippen molar-refractivity contribution in [2.75, 3.05) is 0 Å². The van der Waals surface area contributed by atoms with Crippen molar-refractivity contribution in [3.8, 4) is 0 Å². The van der Waals surface area contributed by atoms with Gasteiger partial charge in [-0.05, 0) is 61.7 Å². The average Bonchev–Trinajstić information content (AvgIpc) is 2.75. The van der Waals surface area contributed by atoms with Gasteiger partial charge in [0.25, 0.3) is 0 Å². The minimum Gasteiger partial charge on any atom is -0.218 e. The third-order valence-electron chi connectivity index (χ3n) is 3.14. The zero-order chi connectivity index (χ0) is 14.0. The lowest BCUT2D eigenvalue weighted by Crippen LogP contribution is -2.05. The van der Waals surface area contributed by atoms with Gasteiger partial charge in [0, 0.05) is 5.75 Å². The number of aromatic nitrogens is 4. The monoisotopic (exact) mass is 276 g/mol. The lowest BCUT2D eigenvalue weighted by atomic mass is 10.0. The molecular weight excluding hydrogens is 256 g/mol. The molecule has 0 fully saturated rings. The second kappa shape index (κ2) is 5.74. The highest BCUT2D eigenvalue weighted by Crippen LogP contribution is 2.26. The molecule has 2 aromatic rings. The molecule has 0 unspecified atom stereocenters. The Balaban J connectivity index is 2.17. The number of tetrazole rings is 1. The first kappa shape index (κ1) is 14.1. The first-order valence-corrected chi connectivity index (χ1v) is 7.45. The lowest BCUT2D eigenvalue weighted by molar-refractivity contribution is 0.477. The number of rotatable bonds is 4. The first-order chi connectivity index (χ1) is 8.99.